The number of carbonyl (C=O) groups is 1. The molecule has 2 heterocycles. The first-order valence-electron chi connectivity index (χ1n) is 7.85. The molecule has 8 nitrogen and oxygen atoms in total. The number of imidazole rings is 1. The number of aryl methyl sites for hydroxylation is 1. The molecule has 1 aromatic carbocycles. The van der Waals surface area contributed by atoms with Crippen molar-refractivity contribution in [2.75, 3.05) is 14.2 Å². The molecule has 0 fully saturated rings. The van der Waals surface area contributed by atoms with Gasteiger partial charge in [0.15, 0.2) is 5.82 Å². The number of azo groups is 1. The Labute approximate surface area is 149 Å². The molecule has 0 unspecified atom stereocenters. The highest BCUT2D eigenvalue weighted by atomic mass is 16.5. The van der Waals surface area contributed by atoms with Crippen LogP contribution in [0.4, 0.5) is 11.5 Å². The summed E-state index contributed by atoms with van der Waals surface area (Å²) in [6, 6.07) is 8.92. The number of nitrogens with zero attached hydrogens (tertiary/aromatic N) is 4. The summed E-state index contributed by atoms with van der Waals surface area (Å²) in [6.07, 6.45) is 1.55. The quantitative estimate of drug-likeness (QED) is 0.681. The van der Waals surface area contributed by atoms with E-state index < -0.39 is 5.97 Å². The number of aromatic nitrogens is 2. The van der Waals surface area contributed by atoms with E-state index in [0.717, 1.165) is 5.56 Å². The van der Waals surface area contributed by atoms with E-state index >= 15 is 0 Å². The van der Waals surface area contributed by atoms with E-state index in [0.29, 0.717) is 34.3 Å². The van der Waals surface area contributed by atoms with Gasteiger partial charge < -0.3 is 14.6 Å². The summed E-state index contributed by atoms with van der Waals surface area (Å²) in [5.41, 5.74) is 2.44. The molecule has 0 aliphatic heterocycles. The summed E-state index contributed by atoms with van der Waals surface area (Å²) in [7, 11) is 3.09. The average Bonchev–Trinajstić information content (AvgIpc) is 2.94. The van der Waals surface area contributed by atoms with Crippen LogP contribution in [0.5, 0.6) is 11.5 Å². The van der Waals surface area contributed by atoms with Crippen LogP contribution >= 0.6 is 0 Å². The van der Waals surface area contributed by atoms with Crippen LogP contribution in [0.25, 0.3) is 5.65 Å². The molecule has 0 amide bonds. The van der Waals surface area contributed by atoms with Crippen LogP contribution in [-0.4, -0.2) is 34.7 Å². The van der Waals surface area contributed by atoms with Gasteiger partial charge in [-0.05, 0) is 36.8 Å². The van der Waals surface area contributed by atoms with Crippen molar-refractivity contribution in [2.24, 2.45) is 10.2 Å². The Morgan fingerprint density at radius 2 is 2.00 bits per heavy atom. The number of rotatable bonds is 6. The van der Waals surface area contributed by atoms with E-state index in [1.54, 1.807) is 35.9 Å². The van der Waals surface area contributed by atoms with Crippen molar-refractivity contribution in [1.82, 2.24) is 9.38 Å². The average molecular weight is 354 g/mol. The van der Waals surface area contributed by atoms with Crippen molar-refractivity contribution in [3.05, 3.63) is 47.8 Å². The smallest absolute Gasteiger partial charge is 0.309 e. The molecule has 0 aliphatic carbocycles. The molecule has 3 aromatic rings. The lowest BCUT2D eigenvalue weighted by Crippen LogP contribution is -2.00. The second-order valence-corrected chi connectivity index (χ2v) is 5.62. The lowest BCUT2D eigenvalue weighted by atomic mass is 10.3. The largest absolute Gasteiger partial charge is 0.497 e. The third-order valence-corrected chi connectivity index (χ3v) is 3.78. The maximum absolute atomic E-state index is 11.2. The summed E-state index contributed by atoms with van der Waals surface area (Å²) < 4.78 is 12.2. The summed E-state index contributed by atoms with van der Waals surface area (Å²) in [4.78, 5) is 15.5. The van der Waals surface area contributed by atoms with E-state index in [1.165, 1.54) is 7.11 Å². The third-order valence-electron chi connectivity index (χ3n) is 3.78. The zero-order valence-electron chi connectivity index (χ0n) is 14.6. The predicted molar refractivity (Wildman–Crippen MR) is 95.0 cm³/mol. The van der Waals surface area contributed by atoms with Gasteiger partial charge in [-0.15, -0.1) is 10.2 Å². The SMILES string of the molecule is COc1ccc(OC)c(N=Nc2c(CC(=O)O)nc3cc(C)ccn23)c1. The van der Waals surface area contributed by atoms with Crippen LogP contribution < -0.4 is 9.47 Å². The van der Waals surface area contributed by atoms with Gasteiger partial charge in [0, 0.05) is 12.3 Å². The monoisotopic (exact) mass is 354 g/mol. The number of hydrogen-bond acceptors (Lipinski definition) is 6. The Kier molecular flexibility index (Phi) is 4.83. The second kappa shape index (κ2) is 7.22. The standard InChI is InChI=1S/C18H18N4O4/c1-11-6-7-22-16(8-11)19-14(10-17(23)24)18(22)21-20-13-9-12(25-2)4-5-15(13)26-3/h4-9H,10H2,1-3H3,(H,23,24). The van der Waals surface area contributed by atoms with Gasteiger partial charge in [0.1, 0.15) is 22.8 Å². The number of fused-ring (bicyclic) bond motifs is 1. The van der Waals surface area contributed by atoms with E-state index in [9.17, 15) is 4.79 Å². The Hall–Kier alpha value is -3.42. The van der Waals surface area contributed by atoms with Gasteiger partial charge in [0.2, 0.25) is 0 Å². The van der Waals surface area contributed by atoms with Gasteiger partial charge in [-0.2, -0.15) is 0 Å². The highest BCUT2D eigenvalue weighted by Gasteiger charge is 2.15. The van der Waals surface area contributed by atoms with Crippen LogP contribution in [-0.2, 0) is 11.2 Å². The number of pyridine rings is 1. The van der Waals surface area contributed by atoms with Gasteiger partial charge in [-0.1, -0.05) is 0 Å². The fourth-order valence-corrected chi connectivity index (χ4v) is 2.53. The second-order valence-electron chi connectivity index (χ2n) is 5.62. The highest BCUT2D eigenvalue weighted by molar-refractivity contribution is 5.72. The minimum Gasteiger partial charge on any atom is -0.497 e. The zero-order valence-corrected chi connectivity index (χ0v) is 14.6. The fourth-order valence-electron chi connectivity index (χ4n) is 2.53. The molecule has 0 atom stereocenters. The van der Waals surface area contributed by atoms with E-state index in [4.69, 9.17) is 14.6 Å². The molecule has 0 bridgehead atoms. The number of aliphatic carboxylic acids is 1. The van der Waals surface area contributed by atoms with Gasteiger partial charge in [0.05, 0.1) is 26.3 Å². The first-order valence-corrected chi connectivity index (χ1v) is 7.85. The van der Waals surface area contributed by atoms with E-state index in [-0.39, 0.29) is 6.42 Å². The summed E-state index contributed by atoms with van der Waals surface area (Å²) in [5.74, 6) is 0.520. The zero-order chi connectivity index (χ0) is 18.7. The van der Waals surface area contributed by atoms with E-state index in [1.807, 2.05) is 19.1 Å². The van der Waals surface area contributed by atoms with Crippen molar-refractivity contribution in [2.45, 2.75) is 13.3 Å². The molecule has 26 heavy (non-hydrogen) atoms. The van der Waals surface area contributed by atoms with Crippen molar-refractivity contribution in [3.63, 3.8) is 0 Å². The number of carboxylic acids is 1. The molecule has 0 saturated heterocycles. The minimum absolute atomic E-state index is 0.246. The maximum atomic E-state index is 11.2. The van der Waals surface area contributed by atoms with Gasteiger partial charge in [-0.25, -0.2) is 4.98 Å². The Morgan fingerprint density at radius 1 is 1.19 bits per heavy atom. The molecule has 0 radical (unpaired) electrons. The predicted octanol–water partition coefficient (Wildman–Crippen LogP) is 3.70. The van der Waals surface area contributed by atoms with E-state index in [2.05, 4.69) is 15.2 Å². The Balaban J connectivity index is 2.10. The van der Waals surface area contributed by atoms with Gasteiger partial charge >= 0.3 is 5.97 Å². The molecule has 1 N–H and O–H groups in total. The normalized spacial score (nSPS) is 11.2. The highest BCUT2D eigenvalue weighted by Crippen LogP contribution is 2.33. The molecule has 2 aromatic heterocycles. The molecule has 0 spiro atoms. The molecular formula is C18H18N4O4. The van der Waals surface area contributed by atoms with Crippen LogP contribution in [0.2, 0.25) is 0 Å². The first kappa shape index (κ1) is 17.4. The number of hydrogen-bond donors (Lipinski definition) is 1. The molecule has 0 saturated carbocycles. The Morgan fingerprint density at radius 3 is 2.69 bits per heavy atom. The fraction of sp³-hybridized carbons (Fsp3) is 0.222. The molecule has 3 rings (SSSR count). The Bertz CT molecular complexity index is 994. The third kappa shape index (κ3) is 3.49. The molecule has 134 valence electrons. The number of benzene rings is 1. The minimum atomic E-state index is -0.986. The molecular weight excluding hydrogens is 336 g/mol. The lowest BCUT2D eigenvalue weighted by Gasteiger charge is -2.06. The van der Waals surface area contributed by atoms with Crippen LogP contribution in [0, 0.1) is 6.92 Å². The van der Waals surface area contributed by atoms with Crippen molar-refractivity contribution >= 4 is 23.1 Å². The maximum Gasteiger partial charge on any atom is 0.309 e. The van der Waals surface area contributed by atoms with Crippen LogP contribution in [0.15, 0.2) is 46.8 Å². The lowest BCUT2D eigenvalue weighted by molar-refractivity contribution is -0.136. The number of carboxylic acid groups (broad SMARTS) is 1. The molecule has 8 heteroatoms. The number of methoxy groups -OCH3 is 2. The van der Waals surface area contributed by atoms with Gasteiger partial charge in [0.25, 0.3) is 0 Å². The summed E-state index contributed by atoms with van der Waals surface area (Å²) in [5, 5.41) is 17.6. The summed E-state index contributed by atoms with van der Waals surface area (Å²) in [6.45, 7) is 1.94. The van der Waals surface area contributed by atoms with Crippen LogP contribution in [0.3, 0.4) is 0 Å². The van der Waals surface area contributed by atoms with Crippen molar-refractivity contribution < 1.29 is 19.4 Å². The van der Waals surface area contributed by atoms with Crippen molar-refractivity contribution in [1.29, 1.82) is 0 Å². The first-order chi connectivity index (χ1) is 12.5. The summed E-state index contributed by atoms with van der Waals surface area (Å²) >= 11 is 0. The topological polar surface area (TPSA) is 97.8 Å². The van der Waals surface area contributed by atoms with Crippen LogP contribution in [0.1, 0.15) is 11.3 Å². The number of ether oxygens (including phenoxy) is 2. The molecule has 0 aliphatic rings. The van der Waals surface area contributed by atoms with Crippen molar-refractivity contribution in [3.8, 4) is 11.5 Å². The van der Waals surface area contributed by atoms with Gasteiger partial charge in [-0.3, -0.25) is 9.20 Å².